The van der Waals surface area contributed by atoms with E-state index in [1.54, 1.807) is 22.7 Å². The number of carboxylic acid groups (broad SMARTS) is 1. The van der Waals surface area contributed by atoms with Gasteiger partial charge < -0.3 is 15.2 Å². The maximum atomic E-state index is 12.6. The fraction of sp³-hybridized carbons (Fsp3) is 0.438. The van der Waals surface area contributed by atoms with E-state index in [9.17, 15) is 14.7 Å². The van der Waals surface area contributed by atoms with Crippen LogP contribution in [0.4, 0.5) is 0 Å². The highest BCUT2D eigenvalue weighted by Crippen LogP contribution is 2.22. The molecule has 0 aliphatic rings. The van der Waals surface area contributed by atoms with Crippen LogP contribution in [0, 0.1) is 0 Å². The van der Waals surface area contributed by atoms with Gasteiger partial charge in [0, 0.05) is 6.20 Å². The van der Waals surface area contributed by atoms with Crippen molar-refractivity contribution in [3.8, 4) is 5.75 Å². The van der Waals surface area contributed by atoms with Crippen molar-refractivity contribution in [1.29, 1.82) is 0 Å². The van der Waals surface area contributed by atoms with Crippen LogP contribution >= 0.6 is 0 Å². The first-order valence-corrected chi connectivity index (χ1v) is 7.61. The molecule has 1 atom stereocenters. The quantitative estimate of drug-likeness (QED) is 0.813. The third-order valence-electron chi connectivity index (χ3n) is 3.64. The van der Waals surface area contributed by atoms with Crippen LogP contribution in [0.2, 0.25) is 0 Å². The highest BCUT2D eigenvalue weighted by Gasteiger charge is 2.25. The Morgan fingerprint density at radius 3 is 2.74 bits per heavy atom. The number of aromatic nitrogens is 2. The lowest BCUT2D eigenvalue weighted by Gasteiger charge is -2.14. The molecule has 2 N–H and O–H groups in total. The molecule has 1 amide bonds. The number of nitrogens with one attached hydrogen (secondary N) is 1. The molecule has 0 fully saturated rings. The van der Waals surface area contributed by atoms with Gasteiger partial charge in [-0.05, 0) is 25.0 Å². The van der Waals surface area contributed by atoms with E-state index in [4.69, 9.17) is 4.74 Å². The van der Waals surface area contributed by atoms with Crippen LogP contribution in [0.25, 0.3) is 5.65 Å². The van der Waals surface area contributed by atoms with Crippen LogP contribution < -0.4 is 10.1 Å². The summed E-state index contributed by atoms with van der Waals surface area (Å²) in [5.41, 5.74) is 1.50. The first-order chi connectivity index (χ1) is 11.0. The summed E-state index contributed by atoms with van der Waals surface area (Å²) in [4.78, 5) is 28.3. The SMILES string of the molecule is CCCC(NC(=O)c1c(CC)nc2c(OC)cccn12)C(=O)O. The zero-order chi connectivity index (χ0) is 17.0. The Morgan fingerprint density at radius 1 is 1.43 bits per heavy atom. The molecule has 0 aliphatic heterocycles. The maximum Gasteiger partial charge on any atom is 0.326 e. The number of methoxy groups -OCH3 is 1. The standard InChI is InChI=1S/C16H21N3O4/c1-4-7-11(16(21)22)18-15(20)13-10(5-2)17-14-12(23-3)8-6-9-19(13)14/h6,8-9,11H,4-5,7H2,1-3H3,(H,18,20)(H,21,22). The molecule has 0 spiro atoms. The number of carboxylic acids is 1. The summed E-state index contributed by atoms with van der Waals surface area (Å²) in [6.07, 6.45) is 3.31. The number of pyridine rings is 1. The van der Waals surface area contributed by atoms with Gasteiger partial charge in [-0.2, -0.15) is 0 Å². The van der Waals surface area contributed by atoms with E-state index in [2.05, 4.69) is 10.3 Å². The Morgan fingerprint density at radius 2 is 2.17 bits per heavy atom. The van der Waals surface area contributed by atoms with Gasteiger partial charge in [-0.15, -0.1) is 0 Å². The zero-order valence-electron chi connectivity index (χ0n) is 13.5. The average molecular weight is 319 g/mol. The van der Waals surface area contributed by atoms with Crippen LogP contribution in [-0.2, 0) is 11.2 Å². The molecule has 2 heterocycles. The summed E-state index contributed by atoms with van der Waals surface area (Å²) in [5.74, 6) is -0.919. The van der Waals surface area contributed by atoms with Crippen molar-refractivity contribution in [2.45, 2.75) is 39.2 Å². The predicted molar refractivity (Wildman–Crippen MR) is 84.9 cm³/mol. The van der Waals surface area contributed by atoms with Gasteiger partial charge in [-0.3, -0.25) is 9.20 Å². The molecule has 1 unspecified atom stereocenters. The minimum atomic E-state index is -1.04. The van der Waals surface area contributed by atoms with E-state index in [0.29, 0.717) is 42.0 Å². The van der Waals surface area contributed by atoms with E-state index in [1.165, 1.54) is 7.11 Å². The lowest BCUT2D eigenvalue weighted by Crippen LogP contribution is -2.41. The average Bonchev–Trinajstić information content (AvgIpc) is 2.92. The number of hydrogen-bond donors (Lipinski definition) is 2. The van der Waals surface area contributed by atoms with Gasteiger partial charge in [0.2, 0.25) is 0 Å². The molecule has 0 bridgehead atoms. The Hall–Kier alpha value is -2.57. The molecule has 0 saturated heterocycles. The Kier molecular flexibility index (Phi) is 5.20. The Balaban J connectivity index is 2.45. The molecule has 7 heteroatoms. The van der Waals surface area contributed by atoms with Gasteiger partial charge in [-0.25, -0.2) is 9.78 Å². The molecule has 7 nitrogen and oxygen atoms in total. The van der Waals surface area contributed by atoms with E-state index in [0.717, 1.165) is 0 Å². The summed E-state index contributed by atoms with van der Waals surface area (Å²) in [7, 11) is 1.54. The summed E-state index contributed by atoms with van der Waals surface area (Å²) >= 11 is 0. The number of ether oxygens (including phenoxy) is 1. The topological polar surface area (TPSA) is 92.9 Å². The number of rotatable bonds is 7. The number of carbonyl (C=O) groups excluding carboxylic acids is 1. The molecule has 0 aromatic carbocycles. The van der Waals surface area contributed by atoms with Crippen LogP contribution in [0.1, 0.15) is 42.9 Å². The van der Waals surface area contributed by atoms with Gasteiger partial charge in [0.05, 0.1) is 12.8 Å². The van der Waals surface area contributed by atoms with Crippen molar-refractivity contribution in [2.24, 2.45) is 0 Å². The third kappa shape index (κ3) is 3.28. The van der Waals surface area contributed by atoms with E-state index < -0.39 is 17.9 Å². The largest absolute Gasteiger partial charge is 0.493 e. The minimum absolute atomic E-state index is 0.351. The molecule has 2 aromatic heterocycles. The number of aliphatic carboxylic acids is 1. The van der Waals surface area contributed by atoms with Gasteiger partial charge in [-0.1, -0.05) is 20.3 Å². The Labute approximate surface area is 134 Å². The number of amides is 1. The fourth-order valence-electron chi connectivity index (χ4n) is 2.51. The van der Waals surface area contributed by atoms with Crippen molar-refractivity contribution in [3.05, 3.63) is 29.7 Å². The predicted octanol–water partition coefficient (Wildman–Crippen LogP) is 1.89. The zero-order valence-corrected chi connectivity index (χ0v) is 13.5. The summed E-state index contributed by atoms with van der Waals surface area (Å²) < 4.78 is 6.91. The van der Waals surface area contributed by atoms with Crippen LogP contribution in [0.5, 0.6) is 5.75 Å². The van der Waals surface area contributed by atoms with Crippen molar-refractivity contribution in [1.82, 2.24) is 14.7 Å². The molecule has 0 aliphatic carbocycles. The molecular formula is C16H21N3O4. The molecule has 124 valence electrons. The summed E-state index contributed by atoms with van der Waals surface area (Å²) in [6.45, 7) is 3.77. The first-order valence-electron chi connectivity index (χ1n) is 7.61. The van der Waals surface area contributed by atoms with E-state index in [-0.39, 0.29) is 0 Å². The van der Waals surface area contributed by atoms with Gasteiger partial charge in [0.1, 0.15) is 11.7 Å². The number of imidazole rings is 1. The monoisotopic (exact) mass is 319 g/mol. The molecule has 2 rings (SSSR count). The normalized spacial score (nSPS) is 12.1. The van der Waals surface area contributed by atoms with Crippen molar-refractivity contribution < 1.29 is 19.4 Å². The number of nitrogens with zero attached hydrogens (tertiary/aromatic N) is 2. The first kappa shape index (κ1) is 16.8. The smallest absolute Gasteiger partial charge is 0.326 e. The number of aryl methyl sites for hydroxylation is 1. The lowest BCUT2D eigenvalue weighted by atomic mass is 10.1. The molecule has 2 aromatic rings. The number of hydrogen-bond acceptors (Lipinski definition) is 4. The fourth-order valence-corrected chi connectivity index (χ4v) is 2.51. The van der Waals surface area contributed by atoms with Gasteiger partial charge in [0.25, 0.3) is 5.91 Å². The molecule has 23 heavy (non-hydrogen) atoms. The maximum absolute atomic E-state index is 12.6. The Bertz CT molecular complexity index is 723. The highest BCUT2D eigenvalue weighted by molar-refractivity contribution is 5.97. The molecular weight excluding hydrogens is 298 g/mol. The lowest BCUT2D eigenvalue weighted by molar-refractivity contribution is -0.139. The third-order valence-corrected chi connectivity index (χ3v) is 3.64. The summed E-state index contributed by atoms with van der Waals surface area (Å²) in [6, 6.07) is 2.61. The van der Waals surface area contributed by atoms with Crippen molar-refractivity contribution in [2.75, 3.05) is 7.11 Å². The van der Waals surface area contributed by atoms with Crippen LogP contribution in [-0.4, -0.2) is 39.5 Å². The number of fused-ring (bicyclic) bond motifs is 1. The molecule has 0 saturated carbocycles. The van der Waals surface area contributed by atoms with Crippen molar-refractivity contribution in [3.63, 3.8) is 0 Å². The minimum Gasteiger partial charge on any atom is -0.493 e. The van der Waals surface area contributed by atoms with Crippen LogP contribution in [0.3, 0.4) is 0 Å². The van der Waals surface area contributed by atoms with Gasteiger partial charge in [0.15, 0.2) is 11.4 Å². The second kappa shape index (κ2) is 7.13. The second-order valence-corrected chi connectivity index (χ2v) is 5.18. The second-order valence-electron chi connectivity index (χ2n) is 5.18. The van der Waals surface area contributed by atoms with Crippen molar-refractivity contribution >= 4 is 17.5 Å². The highest BCUT2D eigenvalue weighted by atomic mass is 16.5. The van der Waals surface area contributed by atoms with E-state index in [1.807, 2.05) is 13.8 Å². The van der Waals surface area contributed by atoms with Gasteiger partial charge >= 0.3 is 5.97 Å². The van der Waals surface area contributed by atoms with Crippen LogP contribution in [0.15, 0.2) is 18.3 Å². The van der Waals surface area contributed by atoms with E-state index >= 15 is 0 Å². The summed E-state index contributed by atoms with van der Waals surface area (Å²) in [5, 5.41) is 11.8. The molecule has 0 radical (unpaired) electrons. The number of carbonyl (C=O) groups is 2.